The van der Waals surface area contributed by atoms with Gasteiger partial charge < -0.3 is 9.47 Å². The van der Waals surface area contributed by atoms with Gasteiger partial charge >= 0.3 is 0 Å². The minimum Gasteiger partial charge on any atom is -0.349 e. The molecule has 0 amide bonds. The smallest absolute Gasteiger partial charge is 0.176 e. The summed E-state index contributed by atoms with van der Waals surface area (Å²) < 4.78 is 71.0. The SMILES string of the molecule is C=CC1OCC(C2CC=C(c3ccc(-c4ccc(CCCCCCCCCC)c(F)c4F)cc3)C(F)=C2F)CO1. The van der Waals surface area contributed by atoms with E-state index in [0.29, 0.717) is 29.5 Å². The molecule has 1 unspecified atom stereocenters. The molecule has 6 heteroatoms. The molecule has 0 spiro atoms. The highest BCUT2D eigenvalue weighted by Gasteiger charge is 2.35. The first-order valence-electron chi connectivity index (χ1n) is 14.6. The predicted molar refractivity (Wildman–Crippen MR) is 153 cm³/mol. The van der Waals surface area contributed by atoms with Crippen LogP contribution in [0.25, 0.3) is 16.7 Å². The van der Waals surface area contributed by atoms with E-state index >= 15 is 13.2 Å². The molecule has 1 fully saturated rings. The summed E-state index contributed by atoms with van der Waals surface area (Å²) in [5.74, 6) is -4.35. The number of benzene rings is 2. The summed E-state index contributed by atoms with van der Waals surface area (Å²) in [6, 6.07) is 9.70. The summed E-state index contributed by atoms with van der Waals surface area (Å²) in [6.07, 6.45) is 12.7. The number of allylic oxidation sites excluding steroid dienone is 4. The summed E-state index contributed by atoms with van der Waals surface area (Å²) in [4.78, 5) is 0. The number of aryl methyl sites for hydroxylation is 1. The molecule has 2 aromatic carbocycles. The van der Waals surface area contributed by atoms with E-state index in [2.05, 4.69) is 13.5 Å². The van der Waals surface area contributed by atoms with Gasteiger partial charge in [0, 0.05) is 23.0 Å². The number of hydrogen-bond donors (Lipinski definition) is 0. The van der Waals surface area contributed by atoms with Crippen LogP contribution in [0.2, 0.25) is 0 Å². The Morgan fingerprint density at radius 2 is 1.43 bits per heavy atom. The lowest BCUT2D eigenvalue weighted by Crippen LogP contribution is -2.36. The van der Waals surface area contributed by atoms with Crippen LogP contribution in [-0.4, -0.2) is 19.5 Å². The zero-order chi connectivity index (χ0) is 28.5. The molecule has 0 aromatic heterocycles. The van der Waals surface area contributed by atoms with Crippen LogP contribution in [0, 0.1) is 23.5 Å². The second-order valence-electron chi connectivity index (χ2n) is 10.9. The minimum atomic E-state index is -0.905. The van der Waals surface area contributed by atoms with Crippen LogP contribution in [0.3, 0.4) is 0 Å². The van der Waals surface area contributed by atoms with Gasteiger partial charge in [0.05, 0.1) is 13.2 Å². The normalized spacial score (nSPS) is 21.4. The quantitative estimate of drug-likeness (QED) is 0.139. The maximum atomic E-state index is 15.1. The largest absolute Gasteiger partial charge is 0.349 e. The third-order valence-electron chi connectivity index (χ3n) is 8.03. The molecule has 0 radical (unpaired) electrons. The van der Waals surface area contributed by atoms with Gasteiger partial charge in [-0.25, -0.2) is 17.6 Å². The van der Waals surface area contributed by atoms with Crippen LogP contribution in [0.15, 0.2) is 66.8 Å². The molecule has 0 saturated carbocycles. The van der Waals surface area contributed by atoms with E-state index < -0.39 is 35.5 Å². The van der Waals surface area contributed by atoms with Gasteiger partial charge in [-0.15, -0.1) is 0 Å². The predicted octanol–water partition coefficient (Wildman–Crippen LogP) is 10.0. The molecule has 0 N–H and O–H groups in total. The van der Waals surface area contributed by atoms with Gasteiger partial charge in [-0.3, -0.25) is 0 Å². The van der Waals surface area contributed by atoms with Gasteiger partial charge in [0.25, 0.3) is 0 Å². The first-order chi connectivity index (χ1) is 19.4. The van der Waals surface area contributed by atoms with Gasteiger partial charge in [-0.1, -0.05) is 101 Å². The van der Waals surface area contributed by atoms with Gasteiger partial charge in [-0.05, 0) is 42.0 Å². The van der Waals surface area contributed by atoms with Crippen molar-refractivity contribution in [3.05, 3.63) is 89.5 Å². The molecule has 4 rings (SSSR count). The fraction of sp³-hybridized carbons (Fsp3) is 0.471. The Morgan fingerprint density at radius 1 is 0.800 bits per heavy atom. The van der Waals surface area contributed by atoms with Crippen molar-refractivity contribution in [2.75, 3.05) is 13.2 Å². The van der Waals surface area contributed by atoms with Crippen molar-refractivity contribution in [1.29, 1.82) is 0 Å². The van der Waals surface area contributed by atoms with Gasteiger partial charge in [0.1, 0.15) is 5.83 Å². The fourth-order valence-corrected chi connectivity index (χ4v) is 5.56. The summed E-state index contributed by atoms with van der Waals surface area (Å²) >= 11 is 0. The third-order valence-corrected chi connectivity index (χ3v) is 8.03. The minimum absolute atomic E-state index is 0.152. The van der Waals surface area contributed by atoms with Crippen molar-refractivity contribution in [3.8, 4) is 11.1 Å². The lowest BCUT2D eigenvalue weighted by Gasteiger charge is -2.33. The maximum Gasteiger partial charge on any atom is 0.176 e. The second kappa shape index (κ2) is 14.8. The van der Waals surface area contributed by atoms with Crippen LogP contribution in [0.4, 0.5) is 17.6 Å². The molecular weight excluding hydrogens is 516 g/mol. The maximum absolute atomic E-state index is 15.1. The zero-order valence-electron chi connectivity index (χ0n) is 23.4. The summed E-state index contributed by atoms with van der Waals surface area (Å²) in [7, 11) is 0. The molecule has 216 valence electrons. The molecular formula is C34H40F4O2. The fourth-order valence-electron chi connectivity index (χ4n) is 5.56. The third kappa shape index (κ3) is 7.32. The van der Waals surface area contributed by atoms with Crippen molar-refractivity contribution in [1.82, 2.24) is 0 Å². The number of rotatable bonds is 13. The molecule has 1 aliphatic carbocycles. The molecule has 40 heavy (non-hydrogen) atoms. The summed E-state index contributed by atoms with van der Waals surface area (Å²) in [5, 5.41) is 0. The van der Waals surface area contributed by atoms with Crippen molar-refractivity contribution >= 4 is 5.57 Å². The number of ether oxygens (including phenoxy) is 2. The van der Waals surface area contributed by atoms with Crippen molar-refractivity contribution in [3.63, 3.8) is 0 Å². The highest BCUT2D eigenvalue weighted by atomic mass is 19.2. The molecule has 1 heterocycles. The van der Waals surface area contributed by atoms with E-state index in [1.807, 2.05) is 0 Å². The standard InChI is InChI=1S/C34H40F4O2/c1-3-5-6-7-8-9-10-11-12-25-17-18-27(32(36)31(25)35)23-13-15-24(16-14-23)28-19-20-29(34(38)33(28)37)26-21-39-30(4-2)40-22-26/h4,13-19,26,29-30H,2-3,5-12,20-22H2,1H3. The Bertz CT molecular complexity index is 1190. The molecule has 2 aromatic rings. The van der Waals surface area contributed by atoms with Crippen LogP contribution in [0.1, 0.15) is 75.8 Å². The highest BCUT2D eigenvalue weighted by Crippen LogP contribution is 2.41. The van der Waals surface area contributed by atoms with E-state index in [4.69, 9.17) is 9.47 Å². The van der Waals surface area contributed by atoms with Crippen LogP contribution < -0.4 is 0 Å². The number of hydrogen-bond acceptors (Lipinski definition) is 2. The first kappa shape index (κ1) is 30.3. The molecule has 1 atom stereocenters. The van der Waals surface area contributed by atoms with Gasteiger partial charge in [0.2, 0.25) is 0 Å². The van der Waals surface area contributed by atoms with Crippen LogP contribution in [0.5, 0.6) is 0 Å². The molecule has 1 aliphatic heterocycles. The van der Waals surface area contributed by atoms with E-state index in [9.17, 15) is 4.39 Å². The molecule has 2 aliphatic rings. The van der Waals surface area contributed by atoms with Crippen LogP contribution in [-0.2, 0) is 15.9 Å². The lowest BCUT2D eigenvalue weighted by atomic mass is 9.82. The Labute approximate surface area is 235 Å². The Kier molecular flexibility index (Phi) is 11.2. The Balaban J connectivity index is 1.36. The van der Waals surface area contributed by atoms with Crippen molar-refractivity contribution in [2.24, 2.45) is 11.8 Å². The van der Waals surface area contributed by atoms with Gasteiger partial charge in [-0.2, -0.15) is 0 Å². The van der Waals surface area contributed by atoms with E-state index in [-0.39, 0.29) is 30.3 Å². The van der Waals surface area contributed by atoms with Crippen molar-refractivity contribution < 1.29 is 27.0 Å². The molecule has 0 bridgehead atoms. The second-order valence-corrected chi connectivity index (χ2v) is 10.9. The van der Waals surface area contributed by atoms with E-state index in [0.717, 1.165) is 19.3 Å². The van der Waals surface area contributed by atoms with Gasteiger partial charge in [0.15, 0.2) is 23.8 Å². The number of halogens is 4. The Hall–Kier alpha value is -2.70. The van der Waals surface area contributed by atoms with Crippen LogP contribution >= 0.6 is 0 Å². The molecule has 1 saturated heterocycles. The summed E-state index contributed by atoms with van der Waals surface area (Å²) in [5.41, 5.74) is 1.66. The lowest BCUT2D eigenvalue weighted by molar-refractivity contribution is -0.181. The van der Waals surface area contributed by atoms with E-state index in [1.165, 1.54) is 38.2 Å². The highest BCUT2D eigenvalue weighted by molar-refractivity contribution is 5.80. The number of unbranched alkanes of at least 4 members (excludes halogenated alkanes) is 7. The average Bonchev–Trinajstić information content (AvgIpc) is 2.98. The average molecular weight is 557 g/mol. The Morgan fingerprint density at radius 3 is 2.08 bits per heavy atom. The summed E-state index contributed by atoms with van der Waals surface area (Å²) in [6.45, 7) is 6.34. The first-order valence-corrected chi connectivity index (χ1v) is 14.6. The van der Waals surface area contributed by atoms with Crippen molar-refractivity contribution in [2.45, 2.75) is 77.4 Å². The molecule has 2 nitrogen and oxygen atoms in total. The monoisotopic (exact) mass is 556 g/mol. The topological polar surface area (TPSA) is 18.5 Å². The van der Waals surface area contributed by atoms with E-state index in [1.54, 1.807) is 42.5 Å². The zero-order valence-corrected chi connectivity index (χ0v) is 23.4.